The van der Waals surface area contributed by atoms with E-state index in [9.17, 15) is 0 Å². The molecule has 0 unspecified atom stereocenters. The lowest BCUT2D eigenvalue weighted by molar-refractivity contribution is 0.415. The second kappa shape index (κ2) is 3.72. The van der Waals surface area contributed by atoms with Crippen LogP contribution in [-0.2, 0) is 0 Å². The Morgan fingerprint density at radius 1 is 1.29 bits per heavy atom. The van der Waals surface area contributed by atoms with Crippen LogP contribution in [0.15, 0.2) is 36.7 Å². The molecule has 0 fully saturated rings. The van der Waals surface area contributed by atoms with Crippen molar-refractivity contribution in [1.82, 2.24) is 9.55 Å². The maximum absolute atomic E-state index is 5.87. The van der Waals surface area contributed by atoms with Gasteiger partial charge in [-0.25, -0.2) is 4.98 Å². The van der Waals surface area contributed by atoms with Crippen molar-refractivity contribution < 1.29 is 4.74 Å². The van der Waals surface area contributed by atoms with Gasteiger partial charge in [-0.2, -0.15) is 0 Å². The van der Waals surface area contributed by atoms with Crippen LogP contribution in [0, 0.1) is 0 Å². The average Bonchev–Trinajstić information content (AvgIpc) is 2.65. The molecule has 1 aromatic heterocycles. The van der Waals surface area contributed by atoms with Crippen LogP contribution in [-0.4, -0.2) is 16.7 Å². The highest BCUT2D eigenvalue weighted by molar-refractivity contribution is 6.28. The molecular weight excluding hydrogens is 200 g/mol. The lowest BCUT2D eigenvalue weighted by Gasteiger charge is -2.04. The molecule has 0 spiro atoms. The molecule has 0 radical (unpaired) electrons. The molecule has 0 amide bonds. The fourth-order valence-corrected chi connectivity index (χ4v) is 1.43. The van der Waals surface area contributed by atoms with Gasteiger partial charge in [0.1, 0.15) is 5.75 Å². The first-order chi connectivity index (χ1) is 6.81. The highest BCUT2D eigenvalue weighted by Crippen LogP contribution is 2.17. The molecule has 0 aliphatic carbocycles. The third-order valence-electron chi connectivity index (χ3n) is 1.95. The van der Waals surface area contributed by atoms with Crippen molar-refractivity contribution in [2.45, 2.75) is 0 Å². The molecule has 4 heteroatoms. The summed E-state index contributed by atoms with van der Waals surface area (Å²) in [6, 6.07) is 7.61. The minimum atomic E-state index is 0.454. The maximum Gasteiger partial charge on any atom is 0.207 e. The van der Waals surface area contributed by atoms with Crippen LogP contribution in [0.3, 0.4) is 0 Å². The molecule has 0 atom stereocenters. The summed E-state index contributed by atoms with van der Waals surface area (Å²) in [5.74, 6) is 0.824. The monoisotopic (exact) mass is 208 g/mol. The molecule has 72 valence electrons. The third kappa shape index (κ3) is 1.59. The van der Waals surface area contributed by atoms with Crippen LogP contribution in [0.1, 0.15) is 0 Å². The fourth-order valence-electron chi connectivity index (χ4n) is 1.22. The van der Waals surface area contributed by atoms with Gasteiger partial charge in [-0.3, -0.25) is 4.57 Å². The number of hydrogen-bond acceptors (Lipinski definition) is 2. The van der Waals surface area contributed by atoms with Crippen LogP contribution >= 0.6 is 11.6 Å². The summed E-state index contributed by atoms with van der Waals surface area (Å²) in [6.07, 6.45) is 3.47. The van der Waals surface area contributed by atoms with Gasteiger partial charge in [-0.05, 0) is 35.9 Å². The standard InChI is InChI=1S/C10H9ClN2O/c1-14-9-4-2-8(3-5-9)13-7-6-12-10(13)11/h2-7H,1H3. The fraction of sp³-hybridized carbons (Fsp3) is 0.100. The SMILES string of the molecule is COc1ccc(-n2ccnc2Cl)cc1. The van der Waals surface area contributed by atoms with E-state index in [0.29, 0.717) is 5.28 Å². The van der Waals surface area contributed by atoms with E-state index in [2.05, 4.69) is 4.98 Å². The molecule has 1 aromatic carbocycles. The van der Waals surface area contributed by atoms with Gasteiger partial charge < -0.3 is 4.74 Å². The number of rotatable bonds is 2. The highest BCUT2D eigenvalue weighted by Gasteiger charge is 2.01. The lowest BCUT2D eigenvalue weighted by Crippen LogP contribution is -1.92. The van der Waals surface area contributed by atoms with Crippen LogP contribution in [0.25, 0.3) is 5.69 Å². The topological polar surface area (TPSA) is 27.1 Å². The molecule has 0 saturated heterocycles. The predicted molar refractivity (Wildman–Crippen MR) is 55.1 cm³/mol. The summed E-state index contributed by atoms with van der Waals surface area (Å²) < 4.78 is 6.85. The van der Waals surface area contributed by atoms with Gasteiger partial charge in [0, 0.05) is 18.1 Å². The average molecular weight is 209 g/mol. The smallest absolute Gasteiger partial charge is 0.207 e. The number of imidazole rings is 1. The second-order valence-corrected chi connectivity index (χ2v) is 3.10. The van der Waals surface area contributed by atoms with Gasteiger partial charge in [0.25, 0.3) is 0 Å². The second-order valence-electron chi connectivity index (χ2n) is 2.76. The van der Waals surface area contributed by atoms with Crippen LogP contribution in [0.4, 0.5) is 0 Å². The number of ether oxygens (including phenoxy) is 1. The normalized spacial score (nSPS) is 10.1. The molecule has 0 bridgehead atoms. The molecule has 3 nitrogen and oxygen atoms in total. The van der Waals surface area contributed by atoms with E-state index in [1.165, 1.54) is 0 Å². The predicted octanol–water partition coefficient (Wildman–Crippen LogP) is 2.53. The molecule has 0 aliphatic heterocycles. The number of halogens is 1. The Bertz CT molecular complexity index is 422. The lowest BCUT2D eigenvalue weighted by atomic mass is 10.3. The van der Waals surface area contributed by atoms with Crippen LogP contribution in [0.2, 0.25) is 5.28 Å². The quantitative estimate of drug-likeness (QED) is 0.759. The highest BCUT2D eigenvalue weighted by atomic mass is 35.5. The Kier molecular flexibility index (Phi) is 2.41. The Balaban J connectivity index is 2.39. The third-order valence-corrected chi connectivity index (χ3v) is 2.23. The first-order valence-corrected chi connectivity index (χ1v) is 4.52. The van der Waals surface area contributed by atoms with Crippen LogP contribution in [0.5, 0.6) is 5.75 Å². The number of benzene rings is 1. The first kappa shape index (κ1) is 9.09. The van der Waals surface area contributed by atoms with Gasteiger partial charge in [0.2, 0.25) is 5.28 Å². The van der Waals surface area contributed by atoms with E-state index in [0.717, 1.165) is 11.4 Å². The largest absolute Gasteiger partial charge is 0.497 e. The number of aromatic nitrogens is 2. The summed E-state index contributed by atoms with van der Waals surface area (Å²) in [4.78, 5) is 3.93. The molecule has 1 heterocycles. The van der Waals surface area contributed by atoms with E-state index in [1.54, 1.807) is 17.9 Å². The summed E-state index contributed by atoms with van der Waals surface area (Å²) in [5.41, 5.74) is 0.966. The van der Waals surface area contributed by atoms with E-state index in [1.807, 2.05) is 30.5 Å². The van der Waals surface area contributed by atoms with Gasteiger partial charge in [-0.1, -0.05) is 0 Å². The van der Waals surface area contributed by atoms with Crippen molar-refractivity contribution >= 4 is 11.6 Å². The zero-order chi connectivity index (χ0) is 9.97. The van der Waals surface area contributed by atoms with Crippen molar-refractivity contribution in [2.75, 3.05) is 7.11 Å². The number of nitrogens with zero attached hydrogens (tertiary/aromatic N) is 2. The molecule has 0 N–H and O–H groups in total. The van der Waals surface area contributed by atoms with Gasteiger partial charge in [-0.15, -0.1) is 0 Å². The van der Waals surface area contributed by atoms with E-state index in [-0.39, 0.29) is 0 Å². The molecule has 2 aromatic rings. The van der Waals surface area contributed by atoms with Crippen molar-refractivity contribution in [3.05, 3.63) is 41.9 Å². The van der Waals surface area contributed by atoms with Gasteiger partial charge in [0.05, 0.1) is 7.11 Å². The molecule has 14 heavy (non-hydrogen) atoms. The summed E-state index contributed by atoms with van der Waals surface area (Å²) >= 11 is 5.87. The van der Waals surface area contributed by atoms with Gasteiger partial charge in [0.15, 0.2) is 0 Å². The Morgan fingerprint density at radius 3 is 2.50 bits per heavy atom. The Hall–Kier alpha value is -1.48. The Labute approximate surface area is 86.9 Å². The minimum Gasteiger partial charge on any atom is -0.497 e. The van der Waals surface area contributed by atoms with Crippen molar-refractivity contribution in [1.29, 1.82) is 0 Å². The summed E-state index contributed by atoms with van der Waals surface area (Å²) in [5, 5.41) is 0.454. The molecule has 0 saturated carbocycles. The van der Waals surface area contributed by atoms with E-state index in [4.69, 9.17) is 16.3 Å². The van der Waals surface area contributed by atoms with Crippen molar-refractivity contribution in [3.8, 4) is 11.4 Å². The van der Waals surface area contributed by atoms with Gasteiger partial charge >= 0.3 is 0 Å². The van der Waals surface area contributed by atoms with Crippen molar-refractivity contribution in [2.24, 2.45) is 0 Å². The van der Waals surface area contributed by atoms with Crippen LogP contribution < -0.4 is 4.74 Å². The zero-order valence-corrected chi connectivity index (χ0v) is 8.40. The molecular formula is C10H9ClN2O. The minimum absolute atomic E-state index is 0.454. The summed E-state index contributed by atoms with van der Waals surface area (Å²) in [7, 11) is 1.64. The Morgan fingerprint density at radius 2 is 2.00 bits per heavy atom. The van der Waals surface area contributed by atoms with E-state index < -0.39 is 0 Å². The van der Waals surface area contributed by atoms with E-state index >= 15 is 0 Å². The maximum atomic E-state index is 5.87. The molecule has 2 rings (SSSR count). The molecule has 0 aliphatic rings. The summed E-state index contributed by atoms with van der Waals surface area (Å²) in [6.45, 7) is 0. The first-order valence-electron chi connectivity index (χ1n) is 4.14. The zero-order valence-electron chi connectivity index (χ0n) is 7.64. The van der Waals surface area contributed by atoms with Crippen molar-refractivity contribution in [3.63, 3.8) is 0 Å². The number of hydrogen-bond donors (Lipinski definition) is 0. The number of methoxy groups -OCH3 is 1.